The first-order valence-corrected chi connectivity index (χ1v) is 17.5. The minimum absolute atomic E-state index is 0.236. The lowest BCUT2D eigenvalue weighted by Crippen LogP contribution is -2.31. The molecule has 1 aromatic heterocycles. The molecule has 0 fully saturated rings. The lowest BCUT2D eigenvalue weighted by atomic mass is 9.94. The van der Waals surface area contributed by atoms with E-state index >= 15 is 0 Å². The number of anilines is 2. The number of rotatable bonds is 13. The van der Waals surface area contributed by atoms with Gasteiger partial charge in [-0.15, -0.1) is 5.10 Å². The van der Waals surface area contributed by atoms with Gasteiger partial charge in [0.25, 0.3) is 5.91 Å². The highest BCUT2D eigenvalue weighted by atomic mass is 79.9. The van der Waals surface area contributed by atoms with Crippen molar-refractivity contribution in [2.24, 2.45) is 0 Å². The summed E-state index contributed by atoms with van der Waals surface area (Å²) >= 11 is 11.6. The van der Waals surface area contributed by atoms with Crippen molar-refractivity contribution in [3.63, 3.8) is 0 Å². The van der Waals surface area contributed by atoms with Crippen LogP contribution >= 0.6 is 39.3 Å². The number of unbranched alkanes of at least 4 members (excludes halogenated alkanes) is 3. The Morgan fingerprint density at radius 3 is 2.65 bits per heavy atom. The smallest absolute Gasteiger partial charge is 0.255 e. The maximum absolute atomic E-state index is 14.1. The SMILES string of the molecule is CCCCCCOc1c(Br)cc(C2C(C(=O)Nc3ccc(C)cc3C)=C(C)Nc3nc(SCc4ccccc4Cl)nn32)cc1OC. The molecule has 0 spiro atoms. The molecule has 1 unspecified atom stereocenters. The monoisotopic (exact) mass is 723 g/mol. The number of amides is 1. The highest BCUT2D eigenvalue weighted by Crippen LogP contribution is 2.43. The molecule has 242 valence electrons. The van der Waals surface area contributed by atoms with E-state index in [0.29, 0.717) is 51.3 Å². The number of carbonyl (C=O) groups excluding carboxylic acids is 1. The van der Waals surface area contributed by atoms with Crippen LogP contribution in [0.5, 0.6) is 11.5 Å². The van der Waals surface area contributed by atoms with Crippen LogP contribution in [0.15, 0.2) is 75.5 Å². The van der Waals surface area contributed by atoms with Crippen LogP contribution < -0.4 is 20.1 Å². The van der Waals surface area contributed by atoms with E-state index in [1.807, 2.05) is 69.3 Å². The zero-order chi connectivity index (χ0) is 32.8. The van der Waals surface area contributed by atoms with Gasteiger partial charge in [0.05, 0.1) is 23.8 Å². The standard InChI is InChI=1S/C35H39BrClN5O3S/c1-6-7-8-11-16-45-32-26(36)18-25(19-29(32)44-5)31-30(33(43)39-28-15-14-21(2)17-22(28)3)23(4)38-34-40-35(41-42(31)34)46-20-24-12-9-10-13-27(24)37/h9-10,12-15,17-19,31H,6-8,11,16,20H2,1-5H3,(H,39,43)(H,38,40,41). The number of halogens is 2. The summed E-state index contributed by atoms with van der Waals surface area (Å²) in [7, 11) is 1.62. The Balaban J connectivity index is 1.52. The van der Waals surface area contributed by atoms with Gasteiger partial charge in [-0.05, 0) is 84.1 Å². The maximum Gasteiger partial charge on any atom is 0.255 e. The molecule has 2 heterocycles. The molecule has 2 N–H and O–H groups in total. The average Bonchev–Trinajstić information content (AvgIpc) is 3.43. The molecule has 8 nitrogen and oxygen atoms in total. The summed E-state index contributed by atoms with van der Waals surface area (Å²) in [5.74, 6) is 2.11. The Morgan fingerprint density at radius 1 is 1.11 bits per heavy atom. The van der Waals surface area contributed by atoms with Crippen molar-refractivity contribution in [3.8, 4) is 11.5 Å². The Hall–Kier alpha value is -3.47. The molecule has 1 amide bonds. The fourth-order valence-electron chi connectivity index (χ4n) is 5.44. The van der Waals surface area contributed by atoms with Crippen LogP contribution in [0.2, 0.25) is 5.02 Å². The van der Waals surface area contributed by atoms with Crippen LogP contribution in [0.4, 0.5) is 11.6 Å². The summed E-state index contributed by atoms with van der Waals surface area (Å²) in [5.41, 5.74) is 5.85. The first kappa shape index (κ1) is 33.9. The molecule has 0 aliphatic carbocycles. The molecule has 0 saturated carbocycles. The third kappa shape index (κ3) is 7.73. The van der Waals surface area contributed by atoms with Crippen molar-refractivity contribution in [1.29, 1.82) is 0 Å². The Bertz CT molecular complexity index is 1760. The van der Waals surface area contributed by atoms with Gasteiger partial charge in [-0.3, -0.25) is 4.79 Å². The van der Waals surface area contributed by atoms with Gasteiger partial charge in [0, 0.05) is 22.2 Å². The quantitative estimate of drug-likeness (QED) is 0.105. The van der Waals surface area contributed by atoms with E-state index in [-0.39, 0.29) is 5.91 Å². The topological polar surface area (TPSA) is 90.3 Å². The number of benzene rings is 3. The highest BCUT2D eigenvalue weighted by Gasteiger charge is 2.35. The minimum atomic E-state index is -0.604. The van der Waals surface area contributed by atoms with E-state index in [2.05, 4.69) is 39.6 Å². The molecule has 0 saturated heterocycles. The average molecular weight is 725 g/mol. The second-order valence-corrected chi connectivity index (χ2v) is 13.5. The van der Waals surface area contributed by atoms with Crippen molar-refractivity contribution in [1.82, 2.24) is 14.8 Å². The van der Waals surface area contributed by atoms with E-state index in [9.17, 15) is 4.79 Å². The lowest BCUT2D eigenvalue weighted by molar-refractivity contribution is -0.113. The fourth-order valence-corrected chi connectivity index (χ4v) is 7.13. The van der Waals surface area contributed by atoms with Crippen molar-refractivity contribution in [3.05, 3.63) is 97.6 Å². The number of carbonyl (C=O) groups is 1. The molecule has 5 rings (SSSR count). The number of nitrogens with zero attached hydrogens (tertiary/aromatic N) is 3. The zero-order valence-electron chi connectivity index (χ0n) is 26.7. The Morgan fingerprint density at radius 2 is 1.91 bits per heavy atom. The summed E-state index contributed by atoms with van der Waals surface area (Å²) in [6, 6.07) is 17.0. The van der Waals surface area contributed by atoms with Crippen molar-refractivity contribution < 1.29 is 14.3 Å². The van der Waals surface area contributed by atoms with Gasteiger partial charge in [0.1, 0.15) is 6.04 Å². The number of aryl methyl sites for hydroxylation is 2. The van der Waals surface area contributed by atoms with Gasteiger partial charge in [-0.2, -0.15) is 4.98 Å². The van der Waals surface area contributed by atoms with Crippen molar-refractivity contribution >= 4 is 56.8 Å². The Labute approximate surface area is 288 Å². The molecule has 0 bridgehead atoms. The van der Waals surface area contributed by atoms with Crippen molar-refractivity contribution in [2.75, 3.05) is 24.4 Å². The number of fused-ring (bicyclic) bond motifs is 1. The predicted octanol–water partition coefficient (Wildman–Crippen LogP) is 9.50. The molecule has 46 heavy (non-hydrogen) atoms. The number of ether oxygens (including phenoxy) is 2. The highest BCUT2D eigenvalue weighted by molar-refractivity contribution is 9.10. The van der Waals surface area contributed by atoms with E-state index in [0.717, 1.165) is 51.7 Å². The van der Waals surface area contributed by atoms with Crippen LogP contribution in [0.25, 0.3) is 0 Å². The van der Waals surface area contributed by atoms with Crippen LogP contribution in [0.1, 0.15) is 67.8 Å². The van der Waals surface area contributed by atoms with Crippen molar-refractivity contribution in [2.45, 2.75) is 70.3 Å². The molecule has 1 aliphatic rings. The number of thioether (sulfide) groups is 1. The van der Waals surface area contributed by atoms with Crippen LogP contribution in [-0.4, -0.2) is 34.4 Å². The number of hydrogen-bond donors (Lipinski definition) is 2. The zero-order valence-corrected chi connectivity index (χ0v) is 29.9. The molecule has 4 aromatic rings. The molecular weight excluding hydrogens is 686 g/mol. The summed E-state index contributed by atoms with van der Waals surface area (Å²) in [5, 5.41) is 12.6. The normalized spacial score (nSPS) is 14.1. The van der Waals surface area contributed by atoms with Gasteiger partial charge in [0.15, 0.2) is 11.5 Å². The third-order valence-electron chi connectivity index (χ3n) is 7.83. The molecular formula is C35H39BrClN5O3S. The third-order valence-corrected chi connectivity index (χ3v) is 9.68. The number of hydrogen-bond acceptors (Lipinski definition) is 7. The molecule has 11 heteroatoms. The minimum Gasteiger partial charge on any atom is -0.493 e. The van der Waals surface area contributed by atoms with E-state index in [1.165, 1.54) is 18.2 Å². The summed E-state index contributed by atoms with van der Waals surface area (Å²) < 4.78 is 14.5. The lowest BCUT2D eigenvalue weighted by Gasteiger charge is -2.29. The predicted molar refractivity (Wildman–Crippen MR) is 190 cm³/mol. The van der Waals surface area contributed by atoms with Crippen LogP contribution in [0.3, 0.4) is 0 Å². The largest absolute Gasteiger partial charge is 0.493 e. The number of nitrogens with one attached hydrogen (secondary N) is 2. The summed E-state index contributed by atoms with van der Waals surface area (Å²) in [4.78, 5) is 18.9. The van der Waals surface area contributed by atoms with E-state index < -0.39 is 6.04 Å². The van der Waals surface area contributed by atoms with Crippen LogP contribution in [-0.2, 0) is 10.5 Å². The second kappa shape index (κ2) is 15.4. The molecule has 3 aromatic carbocycles. The maximum atomic E-state index is 14.1. The second-order valence-electron chi connectivity index (χ2n) is 11.3. The number of aromatic nitrogens is 3. The van der Waals surface area contributed by atoms with E-state index in [4.69, 9.17) is 31.2 Å². The molecule has 1 aliphatic heterocycles. The van der Waals surface area contributed by atoms with Gasteiger partial charge < -0.3 is 20.1 Å². The van der Waals surface area contributed by atoms with Gasteiger partial charge in [-0.25, -0.2) is 4.68 Å². The first-order valence-electron chi connectivity index (χ1n) is 15.4. The van der Waals surface area contributed by atoms with Gasteiger partial charge in [0.2, 0.25) is 11.1 Å². The molecule has 1 atom stereocenters. The molecule has 0 radical (unpaired) electrons. The number of methoxy groups -OCH3 is 1. The van der Waals surface area contributed by atoms with Crippen LogP contribution in [0, 0.1) is 13.8 Å². The first-order chi connectivity index (χ1) is 22.2. The summed E-state index contributed by atoms with van der Waals surface area (Å²) in [6.07, 6.45) is 4.41. The fraction of sp³-hybridized carbons (Fsp3) is 0.343. The Kier molecular flexibility index (Phi) is 11.4. The summed E-state index contributed by atoms with van der Waals surface area (Å²) in [6.45, 7) is 8.68. The van der Waals surface area contributed by atoms with E-state index in [1.54, 1.807) is 11.8 Å². The number of allylic oxidation sites excluding steroid dienone is 1. The van der Waals surface area contributed by atoms with Gasteiger partial charge >= 0.3 is 0 Å². The van der Waals surface area contributed by atoms with Gasteiger partial charge in [-0.1, -0.05) is 85.4 Å².